The average molecular weight is 389 g/mol. The third kappa shape index (κ3) is 4.78. The van der Waals surface area contributed by atoms with Gasteiger partial charge in [-0.1, -0.05) is 30.0 Å². The lowest BCUT2D eigenvalue weighted by Crippen LogP contribution is -2.33. The van der Waals surface area contributed by atoms with Gasteiger partial charge in [-0.25, -0.2) is 0 Å². The predicted octanol–water partition coefficient (Wildman–Crippen LogP) is 2.89. The molecule has 1 aliphatic rings. The molecule has 0 saturated carbocycles. The molecule has 5 heteroatoms. The Kier molecular flexibility index (Phi) is 6.23. The fourth-order valence-electron chi connectivity index (χ4n) is 3.41. The lowest BCUT2D eigenvalue weighted by Gasteiger charge is -2.18. The van der Waals surface area contributed by atoms with E-state index in [0.717, 1.165) is 22.5 Å². The van der Waals surface area contributed by atoms with Crippen molar-refractivity contribution in [1.29, 1.82) is 0 Å². The maximum absolute atomic E-state index is 12.5. The summed E-state index contributed by atoms with van der Waals surface area (Å²) in [6, 6.07) is 13.8. The highest BCUT2D eigenvalue weighted by Crippen LogP contribution is 2.26. The highest BCUT2D eigenvalue weighted by molar-refractivity contribution is 6.00. The number of carbonyl (C=O) groups excluding carboxylic acids is 2. The molecule has 1 fully saturated rings. The predicted molar refractivity (Wildman–Crippen MR) is 117 cm³/mol. The molecule has 29 heavy (non-hydrogen) atoms. The highest BCUT2D eigenvalue weighted by atomic mass is 16.2. The zero-order chi connectivity index (χ0) is 21.0. The summed E-state index contributed by atoms with van der Waals surface area (Å²) in [6.45, 7) is 4.73. The number of hydrogen-bond acceptors (Lipinski definition) is 3. The zero-order valence-electron chi connectivity index (χ0n) is 17.5. The van der Waals surface area contributed by atoms with Crippen molar-refractivity contribution < 1.29 is 9.59 Å². The standard InChI is InChI=1S/C24H27N3O2/c1-17-11-12-21(14-18(17)2)27-16-20(15-23(27)28)24(29)25-13-7-9-19-8-5-6-10-22(19)26(3)4/h5-6,8,10-12,14,20H,13,15-16H2,1-4H3,(H,25,29). The van der Waals surface area contributed by atoms with Crippen LogP contribution in [0.15, 0.2) is 42.5 Å². The van der Waals surface area contributed by atoms with Gasteiger partial charge in [0.05, 0.1) is 18.2 Å². The Morgan fingerprint density at radius 2 is 1.93 bits per heavy atom. The molecular formula is C24H27N3O2. The van der Waals surface area contributed by atoms with Gasteiger partial charge < -0.3 is 15.1 Å². The molecule has 0 aliphatic carbocycles. The maximum Gasteiger partial charge on any atom is 0.227 e. The summed E-state index contributed by atoms with van der Waals surface area (Å²) < 4.78 is 0. The van der Waals surface area contributed by atoms with Gasteiger partial charge in [-0.2, -0.15) is 0 Å². The van der Waals surface area contributed by atoms with E-state index in [2.05, 4.69) is 17.2 Å². The molecule has 1 aliphatic heterocycles. The number of benzene rings is 2. The van der Waals surface area contributed by atoms with Gasteiger partial charge >= 0.3 is 0 Å². The third-order valence-corrected chi connectivity index (χ3v) is 5.26. The monoisotopic (exact) mass is 389 g/mol. The van der Waals surface area contributed by atoms with Crippen molar-refractivity contribution in [1.82, 2.24) is 5.32 Å². The Hall–Kier alpha value is -3.26. The van der Waals surface area contributed by atoms with Gasteiger partial charge in [0.1, 0.15) is 0 Å². The Morgan fingerprint density at radius 1 is 1.17 bits per heavy atom. The highest BCUT2D eigenvalue weighted by Gasteiger charge is 2.34. The van der Waals surface area contributed by atoms with Crippen molar-refractivity contribution in [2.75, 3.05) is 37.0 Å². The van der Waals surface area contributed by atoms with Crippen LogP contribution in [0.2, 0.25) is 0 Å². The minimum atomic E-state index is -0.347. The molecule has 1 saturated heterocycles. The van der Waals surface area contributed by atoms with E-state index in [0.29, 0.717) is 6.54 Å². The Balaban J connectivity index is 1.59. The number of amides is 2. The molecule has 2 amide bonds. The Bertz CT molecular complexity index is 985. The van der Waals surface area contributed by atoms with Crippen LogP contribution in [0.3, 0.4) is 0 Å². The van der Waals surface area contributed by atoms with Crippen molar-refractivity contribution in [3.05, 3.63) is 59.2 Å². The van der Waals surface area contributed by atoms with E-state index in [-0.39, 0.29) is 30.7 Å². The quantitative estimate of drug-likeness (QED) is 0.818. The molecule has 2 aromatic rings. The fourth-order valence-corrected chi connectivity index (χ4v) is 3.41. The van der Waals surface area contributed by atoms with Crippen LogP contribution in [0.25, 0.3) is 0 Å². The van der Waals surface area contributed by atoms with Crippen molar-refractivity contribution in [3.63, 3.8) is 0 Å². The summed E-state index contributed by atoms with van der Waals surface area (Å²) in [5.41, 5.74) is 5.13. The van der Waals surface area contributed by atoms with E-state index in [1.165, 1.54) is 5.56 Å². The molecule has 150 valence electrons. The van der Waals surface area contributed by atoms with Crippen LogP contribution >= 0.6 is 0 Å². The van der Waals surface area contributed by atoms with Gasteiger partial charge in [0.15, 0.2) is 0 Å². The summed E-state index contributed by atoms with van der Waals surface area (Å²) in [4.78, 5) is 28.6. The van der Waals surface area contributed by atoms with E-state index in [9.17, 15) is 9.59 Å². The minimum absolute atomic E-state index is 0.0144. The molecule has 1 heterocycles. The fraction of sp³-hybridized carbons (Fsp3) is 0.333. The smallest absolute Gasteiger partial charge is 0.227 e. The molecule has 1 N–H and O–H groups in total. The summed E-state index contributed by atoms with van der Waals surface area (Å²) in [7, 11) is 3.95. The number of nitrogens with zero attached hydrogens (tertiary/aromatic N) is 2. The van der Waals surface area contributed by atoms with Crippen molar-refractivity contribution >= 4 is 23.2 Å². The van der Waals surface area contributed by atoms with E-state index in [1.807, 2.05) is 75.3 Å². The van der Waals surface area contributed by atoms with E-state index in [1.54, 1.807) is 4.90 Å². The Morgan fingerprint density at radius 3 is 2.66 bits per heavy atom. The molecule has 1 unspecified atom stereocenters. The van der Waals surface area contributed by atoms with E-state index in [4.69, 9.17) is 0 Å². The number of hydrogen-bond donors (Lipinski definition) is 1. The molecule has 0 bridgehead atoms. The molecule has 0 radical (unpaired) electrons. The molecule has 3 rings (SSSR count). The second-order valence-corrected chi connectivity index (χ2v) is 7.61. The second kappa shape index (κ2) is 8.83. The van der Waals surface area contributed by atoms with Gasteiger partial charge in [0.2, 0.25) is 11.8 Å². The average Bonchev–Trinajstić information content (AvgIpc) is 3.09. The first-order valence-corrected chi connectivity index (χ1v) is 9.77. The zero-order valence-corrected chi connectivity index (χ0v) is 17.5. The first kappa shape index (κ1) is 20.5. The van der Waals surface area contributed by atoms with Crippen molar-refractivity contribution in [2.24, 2.45) is 5.92 Å². The normalized spacial score (nSPS) is 15.7. The van der Waals surface area contributed by atoms with Gasteiger partial charge in [-0.05, 0) is 49.2 Å². The number of carbonyl (C=O) groups is 2. The van der Waals surface area contributed by atoms with Crippen LogP contribution in [-0.4, -0.2) is 39.0 Å². The number of rotatable bonds is 4. The largest absolute Gasteiger partial charge is 0.377 e. The number of anilines is 2. The van der Waals surface area contributed by atoms with Crippen LogP contribution in [0.5, 0.6) is 0 Å². The van der Waals surface area contributed by atoms with E-state index >= 15 is 0 Å². The van der Waals surface area contributed by atoms with E-state index < -0.39 is 0 Å². The lowest BCUT2D eigenvalue weighted by atomic mass is 10.1. The van der Waals surface area contributed by atoms with Crippen LogP contribution in [0.1, 0.15) is 23.1 Å². The topological polar surface area (TPSA) is 52.7 Å². The van der Waals surface area contributed by atoms with Crippen molar-refractivity contribution in [2.45, 2.75) is 20.3 Å². The van der Waals surface area contributed by atoms with Crippen LogP contribution in [-0.2, 0) is 9.59 Å². The minimum Gasteiger partial charge on any atom is -0.377 e. The number of aryl methyl sites for hydroxylation is 2. The third-order valence-electron chi connectivity index (χ3n) is 5.26. The SMILES string of the molecule is Cc1ccc(N2CC(C(=O)NCC#Cc3ccccc3N(C)C)CC2=O)cc1C. The first-order chi connectivity index (χ1) is 13.9. The van der Waals surface area contributed by atoms with Gasteiger partial charge in [0, 0.05) is 38.3 Å². The van der Waals surface area contributed by atoms with Gasteiger partial charge in [-0.3, -0.25) is 9.59 Å². The summed E-state index contributed by atoms with van der Waals surface area (Å²) in [5.74, 6) is 5.64. The second-order valence-electron chi connectivity index (χ2n) is 7.61. The van der Waals surface area contributed by atoms with Crippen molar-refractivity contribution in [3.8, 4) is 11.8 Å². The Labute approximate surface area is 172 Å². The van der Waals surface area contributed by atoms with Crippen LogP contribution in [0, 0.1) is 31.6 Å². The lowest BCUT2D eigenvalue weighted by molar-refractivity contribution is -0.126. The first-order valence-electron chi connectivity index (χ1n) is 9.77. The van der Waals surface area contributed by atoms with Crippen LogP contribution in [0.4, 0.5) is 11.4 Å². The molecule has 2 aromatic carbocycles. The molecule has 0 spiro atoms. The number of nitrogens with one attached hydrogen (secondary N) is 1. The molecule has 1 atom stereocenters. The summed E-state index contributed by atoms with van der Waals surface area (Å²) >= 11 is 0. The summed E-state index contributed by atoms with van der Waals surface area (Å²) in [5, 5.41) is 2.85. The van der Waals surface area contributed by atoms with Gasteiger partial charge in [0.25, 0.3) is 0 Å². The summed E-state index contributed by atoms with van der Waals surface area (Å²) in [6.07, 6.45) is 0.232. The number of para-hydroxylation sites is 1. The maximum atomic E-state index is 12.5. The molecule has 5 nitrogen and oxygen atoms in total. The van der Waals surface area contributed by atoms with Crippen LogP contribution < -0.4 is 15.1 Å². The molecular weight excluding hydrogens is 362 g/mol. The molecule has 0 aromatic heterocycles. The van der Waals surface area contributed by atoms with Gasteiger partial charge in [-0.15, -0.1) is 0 Å².